The van der Waals surface area contributed by atoms with Crippen LogP contribution in [0, 0.1) is 5.92 Å². The molecule has 1 unspecified atom stereocenters. The molecule has 1 aliphatic heterocycles. The van der Waals surface area contributed by atoms with E-state index in [0.29, 0.717) is 29.2 Å². The monoisotopic (exact) mass is 593 g/mol. The van der Waals surface area contributed by atoms with Crippen LogP contribution in [-0.4, -0.2) is 56.6 Å². The van der Waals surface area contributed by atoms with Gasteiger partial charge >= 0.3 is 0 Å². The van der Waals surface area contributed by atoms with Gasteiger partial charge in [-0.05, 0) is 61.1 Å². The van der Waals surface area contributed by atoms with E-state index in [-0.39, 0.29) is 37.3 Å². The van der Waals surface area contributed by atoms with Gasteiger partial charge in [-0.15, -0.1) is 0 Å². The van der Waals surface area contributed by atoms with Crippen LogP contribution in [0.25, 0.3) is 0 Å². The van der Waals surface area contributed by atoms with Gasteiger partial charge in [0.25, 0.3) is 5.91 Å². The number of ether oxygens (including phenoxy) is 2. The fraction of sp³-hybridized carbons (Fsp3) is 0.375. The van der Waals surface area contributed by atoms with Crippen LogP contribution in [0.5, 0.6) is 5.75 Å². The number of nitrogens with zero attached hydrogens (tertiary/aromatic N) is 1. The first-order valence-electron chi connectivity index (χ1n) is 14.1. The minimum absolute atomic E-state index is 0.0426. The number of nitrogen functional groups attached to an aromatic ring is 1. The first kappa shape index (κ1) is 31.2. The predicted octanol–water partition coefficient (Wildman–Crippen LogP) is 5.56. The largest absolute Gasteiger partial charge is 0.490 e. The zero-order valence-corrected chi connectivity index (χ0v) is 25.5. The van der Waals surface area contributed by atoms with Crippen molar-refractivity contribution in [2.24, 2.45) is 5.92 Å². The van der Waals surface area contributed by atoms with E-state index in [9.17, 15) is 14.7 Å². The maximum absolute atomic E-state index is 16.0. The second-order valence-electron chi connectivity index (χ2n) is 11.3. The molecule has 1 heterocycles. The number of carbonyl (C=O) groups excluding carboxylic acids is 2. The Morgan fingerprint density at radius 3 is 2.43 bits per heavy atom. The zero-order chi connectivity index (χ0) is 30.4. The second kappa shape index (κ2) is 13.5. The number of nitrogens with two attached hydrogens (primary N) is 1. The van der Waals surface area contributed by atoms with Gasteiger partial charge in [0.15, 0.2) is 0 Å². The molecule has 0 aliphatic carbocycles. The molecule has 0 aromatic heterocycles. The van der Waals surface area contributed by atoms with Crippen LogP contribution in [0.2, 0.25) is 18.6 Å². The van der Waals surface area contributed by atoms with E-state index in [2.05, 4.69) is 5.32 Å². The predicted molar refractivity (Wildman–Crippen MR) is 164 cm³/mol. The number of carbonyl (C=O) groups is 2. The Bertz CT molecular complexity index is 1370. The molecule has 0 spiro atoms. The van der Waals surface area contributed by atoms with Crippen molar-refractivity contribution in [1.29, 1.82) is 0 Å². The van der Waals surface area contributed by atoms with Crippen molar-refractivity contribution in [3.63, 3.8) is 0 Å². The van der Waals surface area contributed by atoms with Crippen molar-refractivity contribution in [2.75, 3.05) is 31.3 Å². The molecule has 42 heavy (non-hydrogen) atoms. The number of hydrogen-bond donors (Lipinski definition) is 3. The van der Waals surface area contributed by atoms with Crippen molar-refractivity contribution in [3.05, 3.63) is 89.5 Å². The minimum Gasteiger partial charge on any atom is -0.490 e. The first-order valence-corrected chi connectivity index (χ1v) is 17.1. The molecule has 4 rings (SSSR count). The average molecular weight is 594 g/mol. The fourth-order valence-corrected chi connectivity index (χ4v) is 7.39. The molecular formula is C32H40FN3O5Si. The maximum atomic E-state index is 16.0. The number of aliphatic hydroxyl groups excluding tert-OH is 1. The SMILES string of the molecule is CO[C@@H]1c2cc(NC(=O)c3ccc(N)cc3)ccc2O[C@H](C(CC(=O)N(CCO)Cc2ccccc2)[Si](C)(C)F)[C@H]1C. The van der Waals surface area contributed by atoms with E-state index in [0.717, 1.165) is 11.1 Å². The molecule has 0 radical (unpaired) electrons. The average Bonchev–Trinajstić information content (AvgIpc) is 2.96. The molecule has 8 nitrogen and oxygen atoms in total. The molecule has 0 saturated heterocycles. The molecule has 0 bridgehead atoms. The summed E-state index contributed by atoms with van der Waals surface area (Å²) in [4.78, 5) is 27.9. The molecular weight excluding hydrogens is 553 g/mol. The van der Waals surface area contributed by atoms with Crippen LogP contribution >= 0.6 is 0 Å². The van der Waals surface area contributed by atoms with E-state index in [4.69, 9.17) is 15.2 Å². The van der Waals surface area contributed by atoms with Crippen molar-refractivity contribution >= 4 is 31.6 Å². The lowest BCUT2D eigenvalue weighted by Crippen LogP contribution is -2.48. The number of methoxy groups -OCH3 is 1. The summed E-state index contributed by atoms with van der Waals surface area (Å²) >= 11 is 0. The van der Waals surface area contributed by atoms with Gasteiger partial charge in [0.05, 0.1) is 12.7 Å². The van der Waals surface area contributed by atoms with Crippen molar-refractivity contribution in [2.45, 2.75) is 50.7 Å². The minimum atomic E-state index is -3.43. The topological polar surface area (TPSA) is 114 Å². The molecule has 0 saturated carbocycles. The van der Waals surface area contributed by atoms with Gasteiger partial charge in [0.1, 0.15) is 11.9 Å². The number of benzene rings is 3. The van der Waals surface area contributed by atoms with Crippen LogP contribution in [0.4, 0.5) is 15.5 Å². The van der Waals surface area contributed by atoms with E-state index in [1.165, 1.54) is 0 Å². The molecule has 10 heteroatoms. The number of amides is 2. The van der Waals surface area contributed by atoms with Crippen LogP contribution in [0.1, 0.15) is 40.9 Å². The Morgan fingerprint density at radius 2 is 1.81 bits per heavy atom. The Hall–Kier alpha value is -3.73. The normalized spacial score (nSPS) is 18.9. The Labute approximate surface area is 247 Å². The first-order chi connectivity index (χ1) is 20.0. The lowest BCUT2D eigenvalue weighted by molar-refractivity contribution is -0.133. The highest BCUT2D eigenvalue weighted by Crippen LogP contribution is 2.48. The summed E-state index contributed by atoms with van der Waals surface area (Å²) in [5.74, 6) is -0.264. The van der Waals surface area contributed by atoms with Crippen molar-refractivity contribution in [3.8, 4) is 5.75 Å². The molecule has 1 aliphatic rings. The molecule has 0 fully saturated rings. The summed E-state index contributed by atoms with van der Waals surface area (Å²) in [6, 6.07) is 21.5. The van der Waals surface area contributed by atoms with Gasteiger partial charge in [0.2, 0.25) is 14.3 Å². The highest BCUT2D eigenvalue weighted by Gasteiger charge is 2.48. The zero-order valence-electron chi connectivity index (χ0n) is 24.5. The number of anilines is 2. The molecule has 2 amide bonds. The number of rotatable bonds is 11. The molecule has 4 atom stereocenters. The van der Waals surface area contributed by atoms with Crippen molar-refractivity contribution in [1.82, 2.24) is 4.90 Å². The van der Waals surface area contributed by atoms with E-state index in [1.54, 1.807) is 61.5 Å². The van der Waals surface area contributed by atoms with Gasteiger partial charge < -0.3 is 34.6 Å². The third-order valence-electron chi connectivity index (χ3n) is 7.87. The molecule has 3 aromatic rings. The number of halogens is 1. The summed E-state index contributed by atoms with van der Waals surface area (Å²) in [6.45, 7) is 5.44. The molecule has 4 N–H and O–H groups in total. The lowest BCUT2D eigenvalue weighted by Gasteiger charge is -2.43. The van der Waals surface area contributed by atoms with Gasteiger partial charge in [0, 0.05) is 60.6 Å². The summed E-state index contributed by atoms with van der Waals surface area (Å²) in [5.41, 5.74) is 8.36. The third kappa shape index (κ3) is 7.36. The number of hydrogen-bond acceptors (Lipinski definition) is 6. The van der Waals surface area contributed by atoms with Gasteiger partial charge in [-0.3, -0.25) is 9.59 Å². The van der Waals surface area contributed by atoms with Gasteiger partial charge in [-0.25, -0.2) is 0 Å². The number of fused-ring (bicyclic) bond motifs is 1. The van der Waals surface area contributed by atoms with Crippen LogP contribution in [-0.2, 0) is 16.1 Å². The Balaban J connectivity index is 1.56. The van der Waals surface area contributed by atoms with Crippen LogP contribution in [0.15, 0.2) is 72.8 Å². The smallest absolute Gasteiger partial charge is 0.255 e. The quantitative estimate of drug-likeness (QED) is 0.152. The standard InChI is InChI=1S/C32H40FN3O5Si/c1-21-30(40-2)26-18-25(35-32(39)23-10-12-24(34)13-11-23)14-15-27(26)41-31(21)28(42(3,4)33)19-29(38)36(16-17-37)20-22-8-6-5-7-9-22/h5-15,18,21,28,30-31,37H,16-17,19-20,34H2,1-4H3,(H,35,39)/t21-,28?,30-,31-/m0/s1. The van der Waals surface area contributed by atoms with E-state index < -0.39 is 26.2 Å². The molecule has 3 aromatic carbocycles. The Morgan fingerprint density at radius 1 is 1.12 bits per heavy atom. The Kier molecular flexibility index (Phi) is 10.0. The summed E-state index contributed by atoms with van der Waals surface area (Å²) < 4.78 is 28.3. The third-order valence-corrected chi connectivity index (χ3v) is 10.2. The summed E-state index contributed by atoms with van der Waals surface area (Å²) in [7, 11) is -1.84. The summed E-state index contributed by atoms with van der Waals surface area (Å²) in [5, 5.41) is 12.5. The van der Waals surface area contributed by atoms with E-state index >= 15 is 4.11 Å². The summed E-state index contributed by atoms with van der Waals surface area (Å²) in [6.07, 6.45) is -1.10. The number of nitrogens with one attached hydrogen (secondary N) is 1. The van der Waals surface area contributed by atoms with Crippen LogP contribution in [0.3, 0.4) is 0 Å². The highest BCUT2D eigenvalue weighted by atomic mass is 28.4. The lowest BCUT2D eigenvalue weighted by atomic mass is 9.86. The molecule has 224 valence electrons. The van der Waals surface area contributed by atoms with Crippen LogP contribution < -0.4 is 15.8 Å². The van der Waals surface area contributed by atoms with Gasteiger partial charge in [-0.2, -0.15) is 0 Å². The highest BCUT2D eigenvalue weighted by molar-refractivity contribution is 6.72. The second-order valence-corrected chi connectivity index (χ2v) is 15.2. The van der Waals surface area contributed by atoms with Gasteiger partial charge in [-0.1, -0.05) is 37.3 Å². The number of aliphatic hydroxyl groups is 1. The van der Waals surface area contributed by atoms with E-state index in [1.807, 2.05) is 43.3 Å². The maximum Gasteiger partial charge on any atom is 0.255 e. The van der Waals surface area contributed by atoms with Crippen molar-refractivity contribution < 1.29 is 28.3 Å². The fourth-order valence-electron chi connectivity index (χ4n) is 5.58.